The predicted molar refractivity (Wildman–Crippen MR) is 78.6 cm³/mol. The zero-order valence-electron chi connectivity index (χ0n) is 12.4. The number of nitrogens with zero attached hydrogens (tertiary/aromatic N) is 4. The van der Waals surface area contributed by atoms with Crippen LogP contribution in [0, 0.1) is 10.1 Å². The molecule has 1 N–H and O–H groups in total. The summed E-state index contributed by atoms with van der Waals surface area (Å²) in [5, 5.41) is 13.9. The Morgan fingerprint density at radius 1 is 1.62 bits per heavy atom. The van der Waals surface area contributed by atoms with Crippen LogP contribution >= 0.6 is 0 Å². The molecule has 1 fully saturated rings. The topological polar surface area (TPSA) is 93.4 Å². The van der Waals surface area contributed by atoms with Gasteiger partial charge in [-0.2, -0.15) is 4.98 Å². The van der Waals surface area contributed by atoms with Crippen molar-refractivity contribution in [3.63, 3.8) is 0 Å². The van der Waals surface area contributed by atoms with Gasteiger partial charge < -0.3 is 15.0 Å². The maximum absolute atomic E-state index is 11.0. The van der Waals surface area contributed by atoms with Crippen molar-refractivity contribution >= 4 is 11.6 Å². The van der Waals surface area contributed by atoms with Gasteiger partial charge in [-0.25, -0.2) is 4.98 Å². The van der Waals surface area contributed by atoms with E-state index in [-0.39, 0.29) is 11.6 Å². The molecule has 1 aliphatic heterocycles. The average Bonchev–Trinajstić information content (AvgIpc) is 2.85. The summed E-state index contributed by atoms with van der Waals surface area (Å²) in [5.41, 5.74) is -0.198. The highest BCUT2D eigenvalue weighted by Gasteiger charge is 2.22. The molecule has 0 spiro atoms. The molecular weight excluding hydrogens is 274 g/mol. The van der Waals surface area contributed by atoms with Gasteiger partial charge in [0.25, 0.3) is 5.88 Å². The quantitative estimate of drug-likeness (QED) is 0.604. The molecule has 2 rings (SSSR count). The lowest BCUT2D eigenvalue weighted by Gasteiger charge is -2.19. The van der Waals surface area contributed by atoms with Gasteiger partial charge in [-0.15, -0.1) is 0 Å². The summed E-state index contributed by atoms with van der Waals surface area (Å²) in [4.78, 5) is 20.7. The summed E-state index contributed by atoms with van der Waals surface area (Å²) in [5.74, 6) is 0.377. The van der Waals surface area contributed by atoms with Crippen molar-refractivity contribution in [1.29, 1.82) is 0 Å². The first-order valence-electron chi connectivity index (χ1n) is 7.20. The number of hydrogen-bond donors (Lipinski definition) is 1. The fraction of sp³-hybridized carbons (Fsp3) is 0.692. The molecule has 0 saturated carbocycles. The molecule has 0 radical (unpaired) electrons. The Kier molecular flexibility index (Phi) is 5.26. The van der Waals surface area contributed by atoms with Gasteiger partial charge in [0.05, 0.1) is 11.5 Å². The fourth-order valence-corrected chi connectivity index (χ4v) is 2.47. The zero-order chi connectivity index (χ0) is 15.2. The van der Waals surface area contributed by atoms with E-state index in [1.165, 1.54) is 12.6 Å². The van der Waals surface area contributed by atoms with Gasteiger partial charge in [-0.3, -0.25) is 10.1 Å². The van der Waals surface area contributed by atoms with Crippen molar-refractivity contribution in [2.75, 3.05) is 32.1 Å². The Balaban J connectivity index is 1.99. The minimum atomic E-state index is -0.521. The molecule has 0 amide bonds. The van der Waals surface area contributed by atoms with Crippen LogP contribution in [-0.4, -0.2) is 52.6 Å². The van der Waals surface area contributed by atoms with Crippen LogP contribution in [0.25, 0.3) is 0 Å². The van der Waals surface area contributed by atoms with Crippen LogP contribution in [0.4, 0.5) is 11.6 Å². The number of ether oxygens (including phenoxy) is 1. The molecule has 1 aromatic heterocycles. The van der Waals surface area contributed by atoms with Crippen LogP contribution < -0.4 is 10.1 Å². The number of aromatic nitrogens is 2. The van der Waals surface area contributed by atoms with Crippen LogP contribution in [0.2, 0.25) is 0 Å². The van der Waals surface area contributed by atoms with Crippen molar-refractivity contribution in [2.24, 2.45) is 0 Å². The van der Waals surface area contributed by atoms with Crippen molar-refractivity contribution in [2.45, 2.75) is 32.2 Å². The monoisotopic (exact) mass is 295 g/mol. The lowest BCUT2D eigenvalue weighted by atomic mass is 10.1. The van der Waals surface area contributed by atoms with Crippen molar-refractivity contribution < 1.29 is 9.66 Å². The number of rotatable bonds is 7. The third-order valence-corrected chi connectivity index (χ3v) is 3.63. The number of likely N-dealkylation sites (tertiary alicyclic amines) is 1. The van der Waals surface area contributed by atoms with E-state index in [0.29, 0.717) is 25.1 Å². The highest BCUT2D eigenvalue weighted by molar-refractivity contribution is 5.43. The SMILES string of the molecule is CCNc1ncc([N+](=O)[O-])c(OCCC2CCCN2C)n1. The molecule has 2 heterocycles. The Hall–Kier alpha value is -1.96. The molecule has 1 saturated heterocycles. The molecule has 1 aromatic rings. The predicted octanol–water partition coefficient (Wildman–Crippen LogP) is 1.68. The first-order valence-corrected chi connectivity index (χ1v) is 7.20. The molecule has 116 valence electrons. The van der Waals surface area contributed by atoms with Gasteiger partial charge in [0.2, 0.25) is 5.95 Å². The lowest BCUT2D eigenvalue weighted by Crippen LogP contribution is -2.26. The number of anilines is 1. The molecule has 1 atom stereocenters. The summed E-state index contributed by atoms with van der Waals surface area (Å²) >= 11 is 0. The van der Waals surface area contributed by atoms with E-state index in [0.717, 1.165) is 19.4 Å². The minimum absolute atomic E-state index is 0.0339. The Bertz CT molecular complexity index is 497. The third kappa shape index (κ3) is 4.01. The molecule has 1 unspecified atom stereocenters. The number of nitrogens with one attached hydrogen (secondary N) is 1. The molecule has 0 bridgehead atoms. The normalized spacial score (nSPS) is 18.7. The summed E-state index contributed by atoms with van der Waals surface area (Å²) in [6.45, 7) is 4.06. The second kappa shape index (κ2) is 7.16. The second-order valence-corrected chi connectivity index (χ2v) is 5.09. The van der Waals surface area contributed by atoms with Gasteiger partial charge in [0, 0.05) is 12.6 Å². The van der Waals surface area contributed by atoms with E-state index in [2.05, 4.69) is 27.2 Å². The van der Waals surface area contributed by atoms with Crippen molar-refractivity contribution in [1.82, 2.24) is 14.9 Å². The number of nitro groups is 1. The summed E-state index contributed by atoms with van der Waals surface area (Å²) < 4.78 is 5.54. The largest absolute Gasteiger partial charge is 0.473 e. The summed E-state index contributed by atoms with van der Waals surface area (Å²) in [6.07, 6.45) is 4.37. The molecule has 8 nitrogen and oxygen atoms in total. The summed E-state index contributed by atoms with van der Waals surface area (Å²) in [7, 11) is 2.09. The van der Waals surface area contributed by atoms with E-state index in [1.807, 2.05) is 6.92 Å². The highest BCUT2D eigenvalue weighted by Crippen LogP contribution is 2.25. The van der Waals surface area contributed by atoms with Gasteiger partial charge in [0.15, 0.2) is 0 Å². The standard InChI is InChI=1S/C13H21N5O3/c1-3-14-13-15-9-11(18(19)20)12(16-13)21-8-6-10-5-4-7-17(10)2/h9-10H,3-8H2,1-2H3,(H,14,15,16). The molecule has 0 aromatic carbocycles. The van der Waals surface area contributed by atoms with Crippen LogP contribution in [0.3, 0.4) is 0 Å². The highest BCUT2D eigenvalue weighted by atomic mass is 16.6. The first-order chi connectivity index (χ1) is 10.1. The van der Waals surface area contributed by atoms with Crippen LogP contribution in [0.15, 0.2) is 6.20 Å². The van der Waals surface area contributed by atoms with Crippen molar-refractivity contribution in [3.8, 4) is 5.88 Å². The van der Waals surface area contributed by atoms with Crippen LogP contribution in [0.5, 0.6) is 5.88 Å². The zero-order valence-corrected chi connectivity index (χ0v) is 12.4. The van der Waals surface area contributed by atoms with E-state index in [4.69, 9.17) is 4.74 Å². The van der Waals surface area contributed by atoms with Gasteiger partial charge in [0.1, 0.15) is 6.20 Å². The minimum Gasteiger partial charge on any atom is -0.473 e. The van der Waals surface area contributed by atoms with E-state index in [9.17, 15) is 10.1 Å². The molecule has 0 aliphatic carbocycles. The number of hydrogen-bond acceptors (Lipinski definition) is 7. The van der Waals surface area contributed by atoms with Gasteiger partial charge >= 0.3 is 5.69 Å². The van der Waals surface area contributed by atoms with E-state index < -0.39 is 4.92 Å². The van der Waals surface area contributed by atoms with Gasteiger partial charge in [-0.1, -0.05) is 0 Å². The maximum Gasteiger partial charge on any atom is 0.349 e. The molecule has 1 aliphatic rings. The van der Waals surface area contributed by atoms with Crippen LogP contribution in [0.1, 0.15) is 26.2 Å². The first kappa shape index (κ1) is 15.4. The molecular formula is C13H21N5O3. The smallest absolute Gasteiger partial charge is 0.349 e. The molecule has 8 heteroatoms. The van der Waals surface area contributed by atoms with Gasteiger partial charge in [-0.05, 0) is 39.8 Å². The third-order valence-electron chi connectivity index (χ3n) is 3.63. The maximum atomic E-state index is 11.0. The molecule has 21 heavy (non-hydrogen) atoms. The summed E-state index contributed by atoms with van der Waals surface area (Å²) in [6, 6.07) is 0.485. The Morgan fingerprint density at radius 3 is 3.05 bits per heavy atom. The second-order valence-electron chi connectivity index (χ2n) is 5.09. The van der Waals surface area contributed by atoms with Crippen LogP contribution in [-0.2, 0) is 0 Å². The van der Waals surface area contributed by atoms with E-state index in [1.54, 1.807) is 0 Å². The van der Waals surface area contributed by atoms with E-state index >= 15 is 0 Å². The lowest BCUT2D eigenvalue weighted by molar-refractivity contribution is -0.386. The van der Waals surface area contributed by atoms with Crippen molar-refractivity contribution in [3.05, 3.63) is 16.3 Å². The Morgan fingerprint density at radius 2 is 2.43 bits per heavy atom. The Labute approximate surface area is 123 Å². The fourth-order valence-electron chi connectivity index (χ4n) is 2.47. The average molecular weight is 295 g/mol.